The van der Waals surface area contributed by atoms with Crippen molar-refractivity contribution in [1.29, 1.82) is 5.26 Å². The first-order valence-electron chi connectivity index (χ1n) is 4.65. The van der Waals surface area contributed by atoms with Gasteiger partial charge >= 0.3 is 0 Å². The topological polar surface area (TPSA) is 36.9 Å². The minimum absolute atomic E-state index is 0.370. The van der Waals surface area contributed by atoms with Crippen LogP contribution in [-0.4, -0.2) is 0 Å². The Labute approximate surface area is 93.1 Å². The van der Waals surface area contributed by atoms with E-state index in [1.54, 1.807) is 0 Å². The molecule has 1 heterocycles. The Bertz CT molecular complexity index is 590. The second kappa shape index (κ2) is 3.29. The van der Waals surface area contributed by atoms with E-state index in [2.05, 4.69) is 0 Å². The molecule has 0 unspecified atom stereocenters. The summed E-state index contributed by atoms with van der Waals surface area (Å²) < 4.78 is 5.44. The van der Waals surface area contributed by atoms with E-state index in [0.717, 1.165) is 32.7 Å². The van der Waals surface area contributed by atoms with Gasteiger partial charge in [0.15, 0.2) is 0 Å². The summed E-state index contributed by atoms with van der Waals surface area (Å²) in [6.07, 6.45) is 0. The molecule has 0 atom stereocenters. The summed E-state index contributed by atoms with van der Waals surface area (Å²) in [6, 6.07) is 3.91. The number of halogens is 1. The lowest BCUT2D eigenvalue weighted by Gasteiger charge is -2.03. The Kier molecular flexibility index (Phi) is 2.21. The number of furan rings is 1. The zero-order valence-electron chi connectivity index (χ0n) is 8.81. The van der Waals surface area contributed by atoms with Crippen LogP contribution >= 0.6 is 11.6 Å². The number of nitriles is 1. The van der Waals surface area contributed by atoms with Gasteiger partial charge in [-0.1, -0.05) is 11.6 Å². The molecule has 0 radical (unpaired) electrons. The first-order valence-corrected chi connectivity index (χ1v) is 5.03. The largest absolute Gasteiger partial charge is 0.445 e. The Morgan fingerprint density at radius 2 is 1.93 bits per heavy atom. The summed E-state index contributed by atoms with van der Waals surface area (Å²) in [5, 5.41) is 10.6. The van der Waals surface area contributed by atoms with E-state index >= 15 is 0 Å². The van der Waals surface area contributed by atoms with Crippen LogP contribution in [0.25, 0.3) is 11.0 Å². The van der Waals surface area contributed by atoms with E-state index < -0.39 is 0 Å². The van der Waals surface area contributed by atoms with Crippen molar-refractivity contribution in [2.45, 2.75) is 20.8 Å². The zero-order valence-corrected chi connectivity index (χ0v) is 9.57. The third-order valence-electron chi connectivity index (χ3n) is 2.67. The monoisotopic (exact) mass is 219 g/mol. The number of hydrogen-bond donors (Lipinski definition) is 0. The van der Waals surface area contributed by atoms with E-state index in [-0.39, 0.29) is 0 Å². The van der Waals surface area contributed by atoms with Gasteiger partial charge in [-0.05, 0) is 38.0 Å². The van der Waals surface area contributed by atoms with Crippen LogP contribution in [0.4, 0.5) is 0 Å². The van der Waals surface area contributed by atoms with Crippen molar-refractivity contribution in [3.05, 3.63) is 33.5 Å². The van der Waals surface area contributed by atoms with Crippen molar-refractivity contribution in [3.63, 3.8) is 0 Å². The molecule has 0 amide bonds. The van der Waals surface area contributed by atoms with Crippen molar-refractivity contribution in [2.24, 2.45) is 0 Å². The van der Waals surface area contributed by atoms with Crippen LogP contribution in [0.5, 0.6) is 0 Å². The summed E-state index contributed by atoms with van der Waals surface area (Å²) in [5.41, 5.74) is 3.56. The Balaban J connectivity index is 2.98. The fraction of sp³-hybridized carbons (Fsp3) is 0.250. The number of nitrogens with zero attached hydrogens (tertiary/aromatic N) is 1. The van der Waals surface area contributed by atoms with Gasteiger partial charge in [-0.15, -0.1) is 0 Å². The maximum Gasteiger partial charge on any atom is 0.207 e. The Morgan fingerprint density at radius 1 is 1.27 bits per heavy atom. The SMILES string of the molecule is Cc1cc2oc(C#N)c(C)c2c(C)c1Cl. The van der Waals surface area contributed by atoms with Crippen molar-refractivity contribution in [3.8, 4) is 6.07 Å². The minimum Gasteiger partial charge on any atom is -0.445 e. The molecule has 15 heavy (non-hydrogen) atoms. The molecule has 0 saturated carbocycles. The standard InChI is InChI=1S/C12H10ClNO/c1-6-4-9-11(8(3)12(6)13)7(2)10(5-14)15-9/h4H,1-3H3. The van der Waals surface area contributed by atoms with E-state index in [0.29, 0.717) is 5.76 Å². The van der Waals surface area contributed by atoms with E-state index in [1.165, 1.54) is 0 Å². The molecule has 1 aromatic carbocycles. The van der Waals surface area contributed by atoms with Gasteiger partial charge in [0.25, 0.3) is 0 Å². The van der Waals surface area contributed by atoms with Crippen molar-refractivity contribution in [1.82, 2.24) is 0 Å². The first kappa shape index (κ1) is 10.1. The molecule has 0 spiro atoms. The summed E-state index contributed by atoms with van der Waals surface area (Å²) in [5.74, 6) is 0.370. The molecular formula is C12H10ClNO. The summed E-state index contributed by atoms with van der Waals surface area (Å²) in [7, 11) is 0. The van der Waals surface area contributed by atoms with E-state index in [9.17, 15) is 0 Å². The zero-order chi connectivity index (χ0) is 11.2. The first-order chi connectivity index (χ1) is 7.06. The van der Waals surface area contributed by atoms with Crippen LogP contribution in [0, 0.1) is 32.1 Å². The van der Waals surface area contributed by atoms with Gasteiger partial charge in [-0.2, -0.15) is 5.26 Å². The van der Waals surface area contributed by atoms with Crippen molar-refractivity contribution in [2.75, 3.05) is 0 Å². The van der Waals surface area contributed by atoms with Gasteiger partial charge in [0, 0.05) is 16.0 Å². The molecule has 2 rings (SSSR count). The molecule has 2 aromatic rings. The predicted molar refractivity (Wildman–Crippen MR) is 60.2 cm³/mol. The molecule has 3 heteroatoms. The normalized spacial score (nSPS) is 10.6. The third-order valence-corrected chi connectivity index (χ3v) is 3.26. The molecule has 0 fully saturated rings. The summed E-state index contributed by atoms with van der Waals surface area (Å²) >= 11 is 6.16. The molecule has 0 aliphatic heterocycles. The number of hydrogen-bond acceptors (Lipinski definition) is 2. The van der Waals surface area contributed by atoms with Gasteiger partial charge in [0.2, 0.25) is 5.76 Å². The number of fused-ring (bicyclic) bond motifs is 1. The van der Waals surface area contributed by atoms with Gasteiger partial charge < -0.3 is 4.42 Å². The van der Waals surface area contributed by atoms with E-state index in [4.69, 9.17) is 21.3 Å². The average molecular weight is 220 g/mol. The lowest BCUT2D eigenvalue weighted by Crippen LogP contribution is -1.83. The maximum atomic E-state index is 8.87. The molecule has 0 bridgehead atoms. The lowest BCUT2D eigenvalue weighted by atomic mass is 10.0. The molecule has 2 nitrogen and oxygen atoms in total. The molecular weight excluding hydrogens is 210 g/mol. The molecule has 0 saturated heterocycles. The predicted octanol–water partition coefficient (Wildman–Crippen LogP) is 3.88. The highest BCUT2D eigenvalue weighted by Crippen LogP contribution is 2.33. The smallest absolute Gasteiger partial charge is 0.207 e. The average Bonchev–Trinajstić information content (AvgIpc) is 2.52. The maximum absolute atomic E-state index is 8.87. The van der Waals surface area contributed by atoms with Gasteiger partial charge in [0.1, 0.15) is 11.7 Å². The Morgan fingerprint density at radius 3 is 2.53 bits per heavy atom. The number of aryl methyl sites for hydroxylation is 3. The van der Waals surface area contributed by atoms with Crippen LogP contribution in [-0.2, 0) is 0 Å². The molecule has 0 N–H and O–H groups in total. The van der Waals surface area contributed by atoms with Crippen LogP contribution in [0.15, 0.2) is 10.5 Å². The van der Waals surface area contributed by atoms with Crippen LogP contribution in [0.1, 0.15) is 22.5 Å². The van der Waals surface area contributed by atoms with Crippen molar-refractivity contribution < 1.29 is 4.42 Å². The molecule has 76 valence electrons. The fourth-order valence-electron chi connectivity index (χ4n) is 1.88. The van der Waals surface area contributed by atoms with Crippen molar-refractivity contribution >= 4 is 22.6 Å². The number of benzene rings is 1. The van der Waals surface area contributed by atoms with Gasteiger partial charge in [-0.25, -0.2) is 0 Å². The second-order valence-corrected chi connectivity index (χ2v) is 4.05. The quantitative estimate of drug-likeness (QED) is 0.674. The molecule has 0 aliphatic rings. The highest BCUT2D eigenvalue weighted by atomic mass is 35.5. The second-order valence-electron chi connectivity index (χ2n) is 3.67. The fourth-order valence-corrected chi connectivity index (χ4v) is 2.02. The third kappa shape index (κ3) is 1.32. The van der Waals surface area contributed by atoms with Gasteiger partial charge in [-0.3, -0.25) is 0 Å². The van der Waals surface area contributed by atoms with E-state index in [1.807, 2.05) is 32.9 Å². The van der Waals surface area contributed by atoms with Gasteiger partial charge in [0.05, 0.1) is 0 Å². The summed E-state index contributed by atoms with van der Waals surface area (Å²) in [4.78, 5) is 0. The van der Waals surface area contributed by atoms with Crippen LogP contribution < -0.4 is 0 Å². The van der Waals surface area contributed by atoms with Crippen LogP contribution in [0.3, 0.4) is 0 Å². The Hall–Kier alpha value is -1.46. The number of rotatable bonds is 0. The van der Waals surface area contributed by atoms with Crippen LogP contribution in [0.2, 0.25) is 5.02 Å². The molecule has 0 aliphatic carbocycles. The lowest BCUT2D eigenvalue weighted by molar-refractivity contribution is 0.596. The summed E-state index contributed by atoms with van der Waals surface area (Å²) in [6.45, 7) is 5.75. The highest BCUT2D eigenvalue weighted by Gasteiger charge is 2.15. The molecule has 1 aromatic heterocycles. The highest BCUT2D eigenvalue weighted by molar-refractivity contribution is 6.33. The minimum atomic E-state index is 0.370.